The number of amides is 1. The average molecular weight is 405 g/mol. The molecule has 7 heteroatoms. The lowest BCUT2D eigenvalue weighted by Gasteiger charge is -2.23. The number of nitro groups is 1. The Morgan fingerprint density at radius 3 is 2.55 bits per heavy atom. The zero-order valence-electron chi connectivity index (χ0n) is 15.8. The molecule has 0 radical (unpaired) electrons. The van der Waals surface area contributed by atoms with Gasteiger partial charge in [0.1, 0.15) is 5.56 Å². The molecule has 0 spiro atoms. The molecule has 0 aromatic heterocycles. The van der Waals surface area contributed by atoms with Crippen LogP contribution in [0.15, 0.2) is 71.6 Å². The predicted molar refractivity (Wildman–Crippen MR) is 116 cm³/mol. The number of carbonyl (C=O) groups is 1. The minimum Gasteiger partial charge on any atom is -0.339 e. The van der Waals surface area contributed by atoms with Gasteiger partial charge in [0.25, 0.3) is 11.6 Å². The van der Waals surface area contributed by atoms with Gasteiger partial charge in [-0.25, -0.2) is 0 Å². The molecule has 1 N–H and O–H groups in total. The van der Waals surface area contributed by atoms with Crippen molar-refractivity contribution in [2.75, 3.05) is 23.0 Å². The maximum absolute atomic E-state index is 13.0. The molecule has 0 saturated carbocycles. The smallest absolute Gasteiger partial charge is 0.282 e. The van der Waals surface area contributed by atoms with Gasteiger partial charge in [-0.15, -0.1) is 11.8 Å². The Morgan fingerprint density at radius 2 is 1.79 bits per heavy atom. The highest BCUT2D eigenvalue weighted by Crippen LogP contribution is 2.38. The van der Waals surface area contributed by atoms with Crippen LogP contribution >= 0.6 is 11.8 Å². The van der Waals surface area contributed by atoms with Gasteiger partial charge in [-0.2, -0.15) is 0 Å². The zero-order chi connectivity index (χ0) is 20.4. The Hall–Kier alpha value is -3.32. The number of nitrogens with zero attached hydrogens (tertiary/aromatic N) is 2. The summed E-state index contributed by atoms with van der Waals surface area (Å²) in [7, 11) is 0. The molecule has 3 aromatic rings. The Labute approximate surface area is 172 Å². The standard InChI is InChI=1S/C22H19N3O3S/c1-29-16-10-11-20(25(27)28)17(14-16)22(26)23-18-7-3-5-9-21(18)24-13-12-15-6-2-4-8-19(15)24/h2-11,14H,12-13H2,1H3,(H,23,26). The minimum absolute atomic E-state index is 0.0541. The van der Waals surface area contributed by atoms with Crippen LogP contribution < -0.4 is 10.2 Å². The van der Waals surface area contributed by atoms with Crippen molar-refractivity contribution in [3.8, 4) is 0 Å². The highest BCUT2D eigenvalue weighted by Gasteiger charge is 2.25. The third-order valence-electron chi connectivity index (χ3n) is 4.98. The number of hydrogen-bond acceptors (Lipinski definition) is 5. The van der Waals surface area contributed by atoms with Crippen LogP contribution in [0.25, 0.3) is 0 Å². The number of benzene rings is 3. The van der Waals surface area contributed by atoms with Crippen molar-refractivity contribution in [1.82, 2.24) is 0 Å². The Morgan fingerprint density at radius 1 is 1.07 bits per heavy atom. The first kappa shape index (κ1) is 19.0. The minimum atomic E-state index is -0.526. The number of hydrogen-bond donors (Lipinski definition) is 1. The highest BCUT2D eigenvalue weighted by molar-refractivity contribution is 7.98. The molecule has 0 saturated heterocycles. The molecular weight excluding hydrogens is 386 g/mol. The fourth-order valence-corrected chi connectivity index (χ4v) is 4.02. The molecule has 0 bridgehead atoms. The molecule has 146 valence electrons. The molecule has 0 fully saturated rings. The lowest BCUT2D eigenvalue weighted by molar-refractivity contribution is -0.385. The molecule has 1 amide bonds. The summed E-state index contributed by atoms with van der Waals surface area (Å²) in [5.41, 5.74) is 3.72. The second-order valence-electron chi connectivity index (χ2n) is 6.64. The SMILES string of the molecule is CSc1ccc([N+](=O)[O-])c(C(=O)Nc2ccccc2N2CCc3ccccc32)c1. The number of anilines is 3. The predicted octanol–water partition coefficient (Wildman–Crippen LogP) is 5.26. The maximum Gasteiger partial charge on any atom is 0.282 e. The Kier molecular flexibility index (Phi) is 5.22. The van der Waals surface area contributed by atoms with Crippen molar-refractivity contribution < 1.29 is 9.72 Å². The van der Waals surface area contributed by atoms with Crippen molar-refractivity contribution in [2.24, 2.45) is 0 Å². The fourth-order valence-electron chi connectivity index (χ4n) is 3.58. The number of nitro benzene ring substituents is 1. The van der Waals surface area contributed by atoms with Crippen LogP contribution in [0, 0.1) is 10.1 Å². The first-order valence-electron chi connectivity index (χ1n) is 9.16. The van der Waals surface area contributed by atoms with E-state index < -0.39 is 10.8 Å². The first-order valence-corrected chi connectivity index (χ1v) is 10.4. The summed E-state index contributed by atoms with van der Waals surface area (Å²) in [6, 6.07) is 20.3. The number of rotatable bonds is 5. The van der Waals surface area contributed by atoms with Gasteiger partial charge >= 0.3 is 0 Å². The van der Waals surface area contributed by atoms with E-state index in [0.717, 1.165) is 29.2 Å². The summed E-state index contributed by atoms with van der Waals surface area (Å²) >= 11 is 1.43. The molecule has 0 atom stereocenters. The van der Waals surface area contributed by atoms with E-state index in [9.17, 15) is 14.9 Å². The summed E-state index contributed by atoms with van der Waals surface area (Å²) in [5, 5.41) is 14.3. The van der Waals surface area contributed by atoms with Crippen LogP contribution in [0.5, 0.6) is 0 Å². The summed E-state index contributed by atoms with van der Waals surface area (Å²) < 4.78 is 0. The number of fused-ring (bicyclic) bond motifs is 1. The first-order chi connectivity index (χ1) is 14.1. The summed E-state index contributed by atoms with van der Waals surface area (Å²) in [6.45, 7) is 0.814. The van der Waals surface area contributed by atoms with Crippen molar-refractivity contribution >= 4 is 40.4 Å². The molecule has 4 rings (SSSR count). The summed E-state index contributed by atoms with van der Waals surface area (Å²) in [4.78, 5) is 26.8. The van der Waals surface area contributed by atoms with Gasteiger partial charge < -0.3 is 10.2 Å². The number of nitrogens with one attached hydrogen (secondary N) is 1. The van der Waals surface area contributed by atoms with E-state index in [-0.39, 0.29) is 11.3 Å². The number of carbonyl (C=O) groups excluding carboxylic acids is 1. The van der Waals surface area contributed by atoms with Crippen molar-refractivity contribution in [2.45, 2.75) is 11.3 Å². The molecule has 1 heterocycles. The van der Waals surface area contributed by atoms with E-state index in [1.54, 1.807) is 12.1 Å². The summed E-state index contributed by atoms with van der Waals surface area (Å²) in [5.74, 6) is -0.493. The molecule has 1 aliphatic rings. The van der Waals surface area contributed by atoms with Gasteiger partial charge in [0.2, 0.25) is 0 Å². The van der Waals surface area contributed by atoms with Crippen molar-refractivity contribution in [1.29, 1.82) is 0 Å². The van der Waals surface area contributed by atoms with Crippen LogP contribution in [0.2, 0.25) is 0 Å². The molecule has 3 aromatic carbocycles. The largest absolute Gasteiger partial charge is 0.339 e. The third-order valence-corrected chi connectivity index (χ3v) is 5.70. The monoisotopic (exact) mass is 405 g/mol. The van der Waals surface area contributed by atoms with Gasteiger partial charge in [0, 0.05) is 23.2 Å². The normalized spacial score (nSPS) is 12.5. The quantitative estimate of drug-likeness (QED) is 0.356. The topological polar surface area (TPSA) is 75.5 Å². The van der Waals surface area contributed by atoms with Crippen molar-refractivity contribution in [3.05, 3.63) is 88.0 Å². The van der Waals surface area contributed by atoms with Gasteiger partial charge in [-0.05, 0) is 48.6 Å². The molecule has 0 unspecified atom stereocenters. The number of para-hydroxylation sites is 3. The van der Waals surface area contributed by atoms with E-state index in [2.05, 4.69) is 22.3 Å². The Balaban J connectivity index is 1.69. The maximum atomic E-state index is 13.0. The third kappa shape index (κ3) is 3.69. The van der Waals surface area contributed by atoms with Crippen LogP contribution in [-0.2, 0) is 6.42 Å². The van der Waals surface area contributed by atoms with E-state index in [4.69, 9.17) is 0 Å². The fraction of sp³-hybridized carbons (Fsp3) is 0.136. The van der Waals surface area contributed by atoms with Crippen molar-refractivity contribution in [3.63, 3.8) is 0 Å². The van der Waals surface area contributed by atoms with Crippen LogP contribution in [0.3, 0.4) is 0 Å². The van der Waals surface area contributed by atoms with Gasteiger partial charge in [-0.1, -0.05) is 30.3 Å². The molecule has 6 nitrogen and oxygen atoms in total. The van der Waals surface area contributed by atoms with E-state index in [0.29, 0.717) is 5.69 Å². The Bertz CT molecular complexity index is 1100. The molecular formula is C22H19N3O3S. The molecule has 0 aliphatic carbocycles. The molecule has 29 heavy (non-hydrogen) atoms. The van der Waals surface area contributed by atoms with Crippen LogP contribution in [0.4, 0.5) is 22.7 Å². The second-order valence-corrected chi connectivity index (χ2v) is 7.52. The van der Waals surface area contributed by atoms with Gasteiger partial charge in [0.15, 0.2) is 0 Å². The average Bonchev–Trinajstić information content (AvgIpc) is 3.17. The van der Waals surface area contributed by atoms with E-state index in [1.165, 1.54) is 23.4 Å². The van der Waals surface area contributed by atoms with E-state index >= 15 is 0 Å². The lowest BCUT2D eigenvalue weighted by Crippen LogP contribution is -2.19. The van der Waals surface area contributed by atoms with Crippen LogP contribution in [-0.4, -0.2) is 23.6 Å². The second kappa shape index (κ2) is 7.97. The van der Waals surface area contributed by atoms with Gasteiger partial charge in [0.05, 0.1) is 16.3 Å². The highest BCUT2D eigenvalue weighted by atomic mass is 32.2. The van der Waals surface area contributed by atoms with E-state index in [1.807, 2.05) is 42.7 Å². The summed E-state index contributed by atoms with van der Waals surface area (Å²) in [6.07, 6.45) is 2.79. The van der Waals surface area contributed by atoms with Gasteiger partial charge in [-0.3, -0.25) is 14.9 Å². The number of thioether (sulfide) groups is 1. The zero-order valence-corrected chi connectivity index (χ0v) is 16.6. The lowest BCUT2D eigenvalue weighted by atomic mass is 10.1. The van der Waals surface area contributed by atoms with Crippen LogP contribution in [0.1, 0.15) is 15.9 Å². The molecule has 1 aliphatic heterocycles.